The van der Waals surface area contributed by atoms with Gasteiger partial charge in [0.2, 0.25) is 0 Å². The van der Waals surface area contributed by atoms with E-state index >= 15 is 0 Å². The molecule has 0 aliphatic heterocycles. The van der Waals surface area contributed by atoms with Gasteiger partial charge in [-0.2, -0.15) is 13.2 Å². The van der Waals surface area contributed by atoms with Crippen molar-refractivity contribution in [3.05, 3.63) is 33.5 Å². The molecule has 0 saturated heterocycles. The highest BCUT2D eigenvalue weighted by molar-refractivity contribution is 9.10. The molecule has 0 spiro atoms. The molecule has 0 aliphatic rings. The van der Waals surface area contributed by atoms with Crippen LogP contribution in [0.25, 0.3) is 0 Å². The summed E-state index contributed by atoms with van der Waals surface area (Å²) < 4.78 is 66.8. The van der Waals surface area contributed by atoms with E-state index in [1.165, 1.54) is 0 Å². The van der Waals surface area contributed by atoms with Crippen molar-refractivity contribution in [3.8, 4) is 0 Å². The molecular weight excluding hydrogens is 418 g/mol. The molecular formula is C14H16BrF4NO3S. The summed E-state index contributed by atoms with van der Waals surface area (Å²) in [5.74, 6) is -2.96. The first-order valence-electron chi connectivity index (χ1n) is 6.69. The van der Waals surface area contributed by atoms with Gasteiger partial charge in [0.25, 0.3) is 0 Å². The standard InChI is InChI=1S/C14H16BrF4NO3S/c1-13(2,3)24(23)20-10(6-11(21)22)8-4-7(15)5-9(12(8)16)14(17,18)19/h4-5,10,20H,6H2,1-3H3,(H,21,22). The van der Waals surface area contributed by atoms with E-state index in [-0.39, 0.29) is 4.47 Å². The van der Waals surface area contributed by atoms with Gasteiger partial charge in [-0.3, -0.25) is 4.79 Å². The van der Waals surface area contributed by atoms with Crippen LogP contribution in [0.5, 0.6) is 0 Å². The molecule has 4 nitrogen and oxygen atoms in total. The fraction of sp³-hybridized carbons (Fsp3) is 0.500. The number of alkyl halides is 3. The van der Waals surface area contributed by atoms with E-state index in [1.54, 1.807) is 20.8 Å². The lowest BCUT2D eigenvalue weighted by Gasteiger charge is -2.25. The summed E-state index contributed by atoms with van der Waals surface area (Å²) in [5.41, 5.74) is -2.04. The van der Waals surface area contributed by atoms with Crippen molar-refractivity contribution in [2.24, 2.45) is 0 Å². The van der Waals surface area contributed by atoms with Crippen molar-refractivity contribution in [2.75, 3.05) is 0 Å². The monoisotopic (exact) mass is 433 g/mol. The Morgan fingerprint density at radius 2 is 1.88 bits per heavy atom. The van der Waals surface area contributed by atoms with Crippen molar-refractivity contribution in [2.45, 2.75) is 44.2 Å². The molecule has 0 aliphatic carbocycles. The normalized spacial score (nSPS) is 15.2. The molecule has 2 N–H and O–H groups in total. The van der Waals surface area contributed by atoms with Crippen molar-refractivity contribution in [1.29, 1.82) is 0 Å². The Hall–Kier alpha value is -1.00. The van der Waals surface area contributed by atoms with E-state index in [2.05, 4.69) is 20.7 Å². The van der Waals surface area contributed by atoms with E-state index in [4.69, 9.17) is 5.11 Å². The molecule has 0 amide bonds. The lowest BCUT2D eigenvalue weighted by atomic mass is 10.0. The molecule has 2 atom stereocenters. The van der Waals surface area contributed by atoms with Gasteiger partial charge in [0, 0.05) is 10.0 Å². The zero-order valence-corrected chi connectivity index (χ0v) is 15.4. The van der Waals surface area contributed by atoms with Crippen LogP contribution in [0, 0.1) is 5.82 Å². The van der Waals surface area contributed by atoms with Gasteiger partial charge in [-0.1, -0.05) is 15.9 Å². The Balaban J connectivity index is 3.41. The Labute approximate surface area is 147 Å². The van der Waals surface area contributed by atoms with Crippen molar-refractivity contribution in [1.82, 2.24) is 4.72 Å². The number of aliphatic carboxylic acids is 1. The number of nitrogens with one attached hydrogen (secondary N) is 1. The number of halogens is 5. The number of hydrogen-bond acceptors (Lipinski definition) is 2. The Morgan fingerprint density at radius 3 is 2.29 bits per heavy atom. The highest BCUT2D eigenvalue weighted by atomic mass is 79.9. The molecule has 0 radical (unpaired) electrons. The van der Waals surface area contributed by atoms with Crippen LogP contribution in [0.1, 0.15) is 44.4 Å². The minimum absolute atomic E-state index is 0.0649. The second-order valence-corrected chi connectivity index (χ2v) is 8.92. The van der Waals surface area contributed by atoms with Crippen molar-refractivity contribution in [3.63, 3.8) is 0 Å². The maximum Gasteiger partial charge on any atom is 0.419 e. The zero-order chi connectivity index (χ0) is 18.9. The van der Waals surface area contributed by atoms with Crippen molar-refractivity contribution >= 4 is 32.9 Å². The average molecular weight is 434 g/mol. The predicted molar refractivity (Wildman–Crippen MR) is 85.1 cm³/mol. The number of carboxylic acids is 1. The van der Waals surface area contributed by atoms with Gasteiger partial charge < -0.3 is 5.11 Å². The Bertz CT molecular complexity index is 659. The number of carbonyl (C=O) groups is 1. The molecule has 24 heavy (non-hydrogen) atoms. The zero-order valence-electron chi connectivity index (χ0n) is 13.0. The molecule has 0 fully saturated rings. The summed E-state index contributed by atoms with van der Waals surface area (Å²) in [6.45, 7) is 4.77. The van der Waals surface area contributed by atoms with E-state index < -0.39 is 57.3 Å². The van der Waals surface area contributed by atoms with E-state index in [9.17, 15) is 26.6 Å². The lowest BCUT2D eigenvalue weighted by molar-refractivity contribution is -0.140. The van der Waals surface area contributed by atoms with Crippen LogP contribution < -0.4 is 4.72 Å². The highest BCUT2D eigenvalue weighted by Crippen LogP contribution is 2.37. The van der Waals surface area contributed by atoms with Gasteiger partial charge in [0.1, 0.15) is 5.82 Å². The minimum Gasteiger partial charge on any atom is -0.481 e. The lowest BCUT2D eigenvalue weighted by Crippen LogP contribution is -2.37. The third-order valence-corrected chi connectivity index (χ3v) is 5.00. The first kappa shape index (κ1) is 21.0. The third kappa shape index (κ3) is 5.52. The Morgan fingerprint density at radius 1 is 1.33 bits per heavy atom. The van der Waals surface area contributed by atoms with Gasteiger partial charge in [-0.05, 0) is 32.9 Å². The molecule has 0 aromatic heterocycles. The maximum atomic E-state index is 14.3. The second-order valence-electron chi connectivity index (χ2n) is 6.00. The van der Waals surface area contributed by atoms with Crippen LogP contribution >= 0.6 is 15.9 Å². The molecule has 2 unspecified atom stereocenters. The summed E-state index contributed by atoms with van der Waals surface area (Å²) in [7, 11) is -1.80. The largest absolute Gasteiger partial charge is 0.481 e. The molecule has 0 heterocycles. The minimum atomic E-state index is -4.94. The number of carboxylic acid groups (broad SMARTS) is 1. The van der Waals surface area contributed by atoms with Crippen LogP contribution in [0.15, 0.2) is 16.6 Å². The van der Waals surface area contributed by atoms with E-state index in [0.29, 0.717) is 6.07 Å². The van der Waals surface area contributed by atoms with E-state index in [1.807, 2.05) is 0 Å². The Kier molecular flexibility index (Phi) is 6.56. The second kappa shape index (κ2) is 7.49. The predicted octanol–water partition coefficient (Wildman–Crippen LogP) is 4.17. The van der Waals surface area contributed by atoms with Gasteiger partial charge in [0.15, 0.2) is 0 Å². The highest BCUT2D eigenvalue weighted by Gasteiger charge is 2.37. The summed E-state index contributed by atoms with van der Waals surface area (Å²) in [6.07, 6.45) is -5.67. The summed E-state index contributed by atoms with van der Waals surface area (Å²) in [5, 5.41) is 8.95. The number of rotatable bonds is 5. The molecule has 0 bridgehead atoms. The molecule has 1 aromatic rings. The van der Waals surface area contributed by atoms with Crippen LogP contribution in [0.4, 0.5) is 17.6 Å². The maximum absolute atomic E-state index is 14.3. The topological polar surface area (TPSA) is 66.4 Å². The summed E-state index contributed by atoms with van der Waals surface area (Å²) in [6, 6.07) is 0.226. The van der Waals surface area contributed by atoms with Gasteiger partial charge >= 0.3 is 12.1 Å². The van der Waals surface area contributed by atoms with Gasteiger partial charge in [-0.25, -0.2) is 13.3 Å². The SMILES string of the molecule is CC(C)(C)S(=O)NC(CC(=O)O)c1cc(Br)cc(C(F)(F)F)c1F. The van der Waals surface area contributed by atoms with Crippen LogP contribution in [0.3, 0.4) is 0 Å². The third-order valence-electron chi connectivity index (χ3n) is 2.93. The number of benzene rings is 1. The average Bonchev–Trinajstić information content (AvgIpc) is 2.37. The van der Waals surface area contributed by atoms with Gasteiger partial charge in [0.05, 0.1) is 33.8 Å². The molecule has 1 rings (SSSR count). The number of hydrogen-bond donors (Lipinski definition) is 2. The molecule has 10 heteroatoms. The quantitative estimate of drug-likeness (QED) is 0.684. The van der Waals surface area contributed by atoms with E-state index in [0.717, 1.165) is 6.07 Å². The van der Waals surface area contributed by atoms with Gasteiger partial charge in [-0.15, -0.1) is 0 Å². The van der Waals surface area contributed by atoms with Crippen molar-refractivity contribution < 1.29 is 31.7 Å². The van der Waals surface area contributed by atoms with Crippen LogP contribution in [-0.2, 0) is 22.0 Å². The first-order chi connectivity index (χ1) is 10.7. The van der Waals surface area contributed by atoms with Crippen LogP contribution in [-0.4, -0.2) is 20.0 Å². The summed E-state index contributed by atoms with van der Waals surface area (Å²) >= 11 is 2.86. The smallest absolute Gasteiger partial charge is 0.419 e. The fourth-order valence-corrected chi connectivity index (χ4v) is 3.06. The molecule has 136 valence electrons. The van der Waals surface area contributed by atoms with Crippen LogP contribution in [0.2, 0.25) is 0 Å². The summed E-state index contributed by atoms with van der Waals surface area (Å²) in [4.78, 5) is 11.0. The first-order valence-corrected chi connectivity index (χ1v) is 8.63. The molecule has 0 saturated carbocycles. The molecule has 1 aromatic carbocycles. The fourth-order valence-electron chi connectivity index (χ4n) is 1.77.